The van der Waals surface area contributed by atoms with Crippen molar-refractivity contribution in [3.63, 3.8) is 0 Å². The fraction of sp³-hybridized carbons (Fsp3) is 0.459. The van der Waals surface area contributed by atoms with E-state index in [1.165, 1.54) is 25.7 Å². The minimum atomic E-state index is -0.617. The van der Waals surface area contributed by atoms with E-state index in [1.807, 2.05) is 103 Å². The summed E-state index contributed by atoms with van der Waals surface area (Å²) in [5.41, 5.74) is 0. The summed E-state index contributed by atoms with van der Waals surface area (Å²) in [4.78, 5) is 0. The molecule has 33 unspecified atom stereocenters. The van der Waals surface area contributed by atoms with Crippen LogP contribution in [0.1, 0.15) is 243 Å². The second-order valence-corrected chi connectivity index (χ2v) is 55.4. The van der Waals surface area contributed by atoms with Crippen molar-refractivity contribution < 1.29 is 54.3 Å². The van der Waals surface area contributed by atoms with Crippen LogP contribution in [0.4, 0.5) is 0 Å². The van der Waals surface area contributed by atoms with Crippen LogP contribution in [0.2, 0.25) is 0 Å². The van der Waals surface area contributed by atoms with E-state index in [4.69, 9.17) is 54.3 Å². The van der Waals surface area contributed by atoms with Crippen molar-refractivity contribution in [3.05, 3.63) is 365 Å². The molecule has 1 fully saturated rings. The van der Waals surface area contributed by atoms with Crippen LogP contribution < -0.4 is 0 Å². The van der Waals surface area contributed by atoms with Gasteiger partial charge in [0.05, 0.1) is 83.6 Å². The smallest absolute Gasteiger partial charge is 0.107 e. The van der Waals surface area contributed by atoms with Crippen LogP contribution in [0.3, 0.4) is 0 Å². The Morgan fingerprint density at radius 1 is 0.248 bits per heavy atom. The molecule has 34 heteroatoms. The van der Waals surface area contributed by atoms with E-state index in [1.54, 1.807) is 0 Å². The Kier molecular flexibility index (Phi) is 132. The molecule has 0 amide bonds. The lowest BCUT2D eigenvalue weighted by atomic mass is 10.1. The molecule has 0 radical (unpaired) electrons. The molecule has 0 heterocycles. The van der Waals surface area contributed by atoms with Gasteiger partial charge < -0.3 is 54.3 Å². The van der Waals surface area contributed by atoms with Gasteiger partial charge in [0.2, 0.25) is 0 Å². The van der Waals surface area contributed by atoms with Crippen LogP contribution in [0.25, 0.3) is 0 Å². The maximum Gasteiger partial charge on any atom is 0.107 e. The molecule has 0 aromatic rings. The van der Waals surface area contributed by atoms with Crippen molar-refractivity contribution >= 4 is 193 Å². The molecule has 1 saturated carbocycles. The lowest BCUT2D eigenvalue weighted by molar-refractivity contribution is 0.114. The number of hydrogen-bond acceptors (Lipinski definition) is 12. The van der Waals surface area contributed by atoms with Crippen molar-refractivity contribution in [3.8, 4) is 0 Å². The molecule has 0 aromatic heterocycles. The van der Waals surface area contributed by atoms with Gasteiger partial charge in [-0.25, -0.2) is 0 Å². The highest BCUT2D eigenvalue weighted by molar-refractivity contribution is 8.41. The van der Waals surface area contributed by atoms with Gasteiger partial charge in [0.25, 0.3) is 0 Å². The molecule has 0 bridgehead atoms. The van der Waals surface area contributed by atoms with Crippen LogP contribution in [0.15, 0.2) is 365 Å². The summed E-state index contributed by atoms with van der Waals surface area (Å²) in [6, 6.07) is 0. The fourth-order valence-electron chi connectivity index (χ4n) is 12.2. The first-order valence-electron chi connectivity index (χ1n) is 50.9. The molecule has 818 valence electrons. The third-order valence-electron chi connectivity index (χ3n) is 19.7. The summed E-state index contributed by atoms with van der Waals surface area (Å²) in [6.07, 6.45) is 155. The number of rotatable bonds is 83. The molecule has 0 N–H and O–H groups in total. The highest BCUT2D eigenvalue weighted by atomic mass is 32.4. The van der Waals surface area contributed by atoms with Gasteiger partial charge in [0.1, 0.15) is 12.2 Å². The lowest BCUT2D eigenvalue weighted by Gasteiger charge is -2.25. The van der Waals surface area contributed by atoms with Gasteiger partial charge in [0, 0.05) is 81.3 Å². The van der Waals surface area contributed by atoms with E-state index in [2.05, 4.69) is 467 Å². The van der Waals surface area contributed by atoms with E-state index < -0.39 is 22.6 Å². The zero-order valence-electron chi connectivity index (χ0n) is 88.7. The first kappa shape index (κ1) is 152. The molecule has 0 spiro atoms. The summed E-state index contributed by atoms with van der Waals surface area (Å²) >= 11 is 0. The summed E-state index contributed by atoms with van der Waals surface area (Å²) in [7, 11) is 38.4. The fourth-order valence-corrected chi connectivity index (χ4v) is 21.0. The van der Waals surface area contributed by atoms with Crippen LogP contribution in [-0.2, 0) is 54.3 Å². The van der Waals surface area contributed by atoms with E-state index in [0.29, 0.717) is 34.0 Å². The second-order valence-electron chi connectivity index (χ2n) is 32.0. The molecule has 0 aliphatic heterocycles. The highest BCUT2D eigenvalue weighted by Crippen LogP contribution is 2.57. The van der Waals surface area contributed by atoms with Crippen molar-refractivity contribution in [2.24, 2.45) is 11.8 Å². The van der Waals surface area contributed by atoms with Gasteiger partial charge in [-0.1, -0.05) is 562 Å². The van der Waals surface area contributed by atoms with Gasteiger partial charge in [0.15, 0.2) is 0 Å². The van der Waals surface area contributed by atoms with Crippen molar-refractivity contribution in [1.82, 2.24) is 0 Å². The maximum absolute atomic E-state index is 6.09. The number of allylic oxidation sites excluding steroid dienone is 42. The van der Waals surface area contributed by atoms with E-state index >= 15 is 0 Å². The third-order valence-corrected chi connectivity index (χ3v) is 28.5. The quantitative estimate of drug-likeness (QED) is 0.0328. The average molecular weight is 2400 g/mol. The minimum Gasteiger partial charge on any atom is -0.359 e. The normalized spacial score (nSPS) is 17.6. The molecule has 12 nitrogen and oxygen atoms in total. The van der Waals surface area contributed by atoms with Gasteiger partial charge in [-0.05, 0) is 147 Å². The maximum atomic E-state index is 6.09. The predicted octanol–water partition coefficient (Wildman–Crippen LogP) is 40.6. The standard InChI is InChI=1S/C23H35OP.3C22H40O3P6.C22H37O2P3/c1-3-5-13-18-23(24-25)19-15-12-10-8-6-7-9-11-14-17-22-20-21(22)16-4-2;1-3-5-9-18-22(25-31(28)29)19-13-8-12-17-21(24-30-27)16-11-7-6-10-15-20(23-26)14-4-2;1-3-5-7-14-18-21(23-26)22(24-30-27)19-15-11-9-8-10-13-17-20(25-31(28)29)16-12-6-4-2;1-3-5-7-13-16-20(23-26)17-14-10-8-9-11-15-18-21(24-30-27)22(25-31(28)29)19-12-6-4-2;1-3-5-14-19-22(24-27-26)20-16-13-11-9-7-6-8-10-12-15-18-21(23-25)17-4-2/h5-7,9-15,17,19,21-23H,3-4,8,16,18,20,25H2,1-2H3;5-13,15-16,19-22,30H,3-4,14,17-18,26-29H2,1-2H3;6-15,17,19-22,30H,3-5,16,18,26-29H2,1-2H3;6-15,17-18,20-22,30H,3-5,16,19,26-29H2,1-2H3;5-7,10-16,18,20-22,27H,3-4,8-9,17,19,25-26H2,1-2H3/b7-6-,11-9+,12-10-,13-5-,17-14+,19-15+;7-6+,9-5-,12-8-,15-10+,16-11+,19-13+;10-8-,11-9-,12-6-,14-7-,17-13+,19-15+;10-8-,11-9-,12-6-,13-7-,17-14+,18-15+;7-6-,12-10-,13-11-,14-5-,18-15+,20-16+. The Balaban J connectivity index is -0.000000859. The van der Waals surface area contributed by atoms with Gasteiger partial charge in [-0.3, -0.25) is 0 Å². The zero-order chi connectivity index (χ0) is 108. The van der Waals surface area contributed by atoms with Crippen molar-refractivity contribution in [2.75, 3.05) is 0 Å². The second kappa shape index (κ2) is 125. The molecule has 1 aliphatic rings. The summed E-state index contributed by atoms with van der Waals surface area (Å²) in [5, 5.41) is 0. The number of unbranched alkanes of at least 4 members (excludes halogenated alkanes) is 2. The summed E-state index contributed by atoms with van der Waals surface area (Å²) in [6.45, 7) is 21.6. The SMILES string of the molecule is CC/C=C\CC(/C=C/C=C\C/C=C\C/C=C\C=C\C(CCC)OP)OPP.CC/C=C\CC(/C=C/C=C\C=C/C=C/C(OPP)C(C/C=C\CCC)OP)OP(P)P.CC/C=C\CC(/C=C/C=C\CC(/C=C/C=C/C=C/C(CCC)OP)OPP)OP(P)P.CC/C=C\CC(/C=C/C=C\C\C=C/C=C/C=C/C1CC1CCC)OP.CC/C=C\CC(OP(P)P)C(/C=C/C=C\C=C/C=C/C(C/C=C\CCC)OP)OPP. The Bertz CT molecular complexity index is 3890. The molecule has 0 aromatic carbocycles. The van der Waals surface area contributed by atoms with E-state index in [9.17, 15) is 0 Å². The minimum absolute atomic E-state index is 0.00434. The monoisotopic (exact) mass is 2400 g/mol. The van der Waals surface area contributed by atoms with Crippen molar-refractivity contribution in [1.29, 1.82) is 0 Å². The van der Waals surface area contributed by atoms with E-state index in [0.717, 1.165) is 160 Å². The Morgan fingerprint density at radius 3 is 0.890 bits per heavy atom. The van der Waals surface area contributed by atoms with Crippen LogP contribution in [0, 0.1) is 11.8 Å². The van der Waals surface area contributed by atoms with E-state index in [-0.39, 0.29) is 73.2 Å². The molecule has 1 rings (SSSR count). The topological polar surface area (TPSA) is 111 Å². The summed E-state index contributed by atoms with van der Waals surface area (Å²) in [5.74, 6) is 1.80. The van der Waals surface area contributed by atoms with Gasteiger partial charge in [-0.15, -0.1) is 0 Å². The first-order valence-corrected chi connectivity index (χ1v) is 77.6. The lowest BCUT2D eigenvalue weighted by Crippen LogP contribution is -2.25. The molecular formula is C111H192O12P22. The van der Waals surface area contributed by atoms with Crippen LogP contribution >= 0.6 is 193 Å². The largest absolute Gasteiger partial charge is 0.359 e. The Hall–Kier alpha value is 1.18. The molecule has 33 atom stereocenters. The van der Waals surface area contributed by atoms with Crippen LogP contribution in [-0.4, -0.2) is 73.2 Å². The third kappa shape index (κ3) is 112. The van der Waals surface area contributed by atoms with Gasteiger partial charge >= 0.3 is 0 Å². The average Bonchev–Trinajstić information content (AvgIpc) is 1.70. The van der Waals surface area contributed by atoms with Crippen molar-refractivity contribution in [2.45, 2.75) is 316 Å². The van der Waals surface area contributed by atoms with Gasteiger partial charge in [-0.2, -0.15) is 0 Å². The summed E-state index contributed by atoms with van der Waals surface area (Å²) < 4.78 is 68.1. The Morgan fingerprint density at radius 2 is 0.531 bits per heavy atom. The first-order chi connectivity index (χ1) is 70.8. The Labute approximate surface area is 932 Å². The molecule has 1 aliphatic carbocycles. The number of hydrogen-bond donors (Lipinski definition) is 0. The molecular weight excluding hydrogens is 2210 g/mol. The molecule has 145 heavy (non-hydrogen) atoms. The highest BCUT2D eigenvalue weighted by Gasteiger charge is 2.33. The zero-order valence-corrected chi connectivity index (χ0v) is 113. The predicted molar refractivity (Wildman–Crippen MR) is 721 cm³/mol. The van der Waals surface area contributed by atoms with Crippen LogP contribution in [0.5, 0.6) is 0 Å². The molecule has 0 saturated heterocycles.